The number of hydrogen-bond acceptors (Lipinski definition) is 2. The second kappa shape index (κ2) is 3.90. The minimum atomic E-state index is -1.36. The molecule has 0 bridgehead atoms. The highest BCUT2D eigenvalue weighted by Gasteiger charge is 2.21. The summed E-state index contributed by atoms with van der Waals surface area (Å²) in [7, 11) is -1.36. The third-order valence-electron chi connectivity index (χ3n) is 1.80. The molecule has 0 N–H and O–H groups in total. The molecule has 0 saturated heterocycles. The van der Waals surface area contributed by atoms with Crippen LogP contribution >= 0.6 is 11.3 Å². The van der Waals surface area contributed by atoms with Crippen LogP contribution < -0.4 is 0 Å². The molecule has 68 valence electrons. The lowest BCUT2D eigenvalue weighted by molar-refractivity contribution is 1.53. The van der Waals surface area contributed by atoms with Crippen LogP contribution in [0.5, 0.6) is 0 Å². The molecule has 0 radical (unpaired) electrons. The van der Waals surface area contributed by atoms with Crippen molar-refractivity contribution in [1.82, 2.24) is 0 Å². The maximum atomic E-state index is 8.70. The Bertz CT molecular complexity index is 338. The first kappa shape index (κ1) is 10.2. The molecule has 0 atom stereocenters. The van der Waals surface area contributed by atoms with Gasteiger partial charge in [0.2, 0.25) is 0 Å². The molecule has 0 amide bonds. The molecule has 1 heterocycles. The van der Waals surface area contributed by atoms with Crippen molar-refractivity contribution in [1.29, 1.82) is 5.26 Å². The SMILES string of the molecule is C[Si](C)(C)/C(=C\C#N)c1cccs1. The molecule has 0 spiro atoms. The Hall–Kier alpha value is -0.853. The third kappa shape index (κ3) is 2.54. The molecule has 1 rings (SSSR count). The van der Waals surface area contributed by atoms with Crippen LogP contribution in [0.4, 0.5) is 0 Å². The van der Waals surface area contributed by atoms with Crippen LogP contribution in [-0.2, 0) is 0 Å². The normalized spacial score (nSPS) is 12.6. The van der Waals surface area contributed by atoms with Gasteiger partial charge in [-0.3, -0.25) is 0 Å². The summed E-state index contributed by atoms with van der Waals surface area (Å²) in [5.41, 5.74) is 0. The lowest BCUT2D eigenvalue weighted by Crippen LogP contribution is -2.22. The van der Waals surface area contributed by atoms with E-state index in [-0.39, 0.29) is 0 Å². The lowest BCUT2D eigenvalue weighted by Gasteiger charge is -2.18. The summed E-state index contributed by atoms with van der Waals surface area (Å²) in [5, 5.41) is 12.0. The van der Waals surface area contributed by atoms with E-state index in [4.69, 9.17) is 5.26 Å². The summed E-state index contributed by atoms with van der Waals surface area (Å²) >= 11 is 1.71. The zero-order valence-electron chi connectivity index (χ0n) is 8.16. The van der Waals surface area contributed by atoms with E-state index in [0.29, 0.717) is 0 Å². The van der Waals surface area contributed by atoms with Gasteiger partial charge in [0.1, 0.15) is 0 Å². The van der Waals surface area contributed by atoms with E-state index in [1.165, 1.54) is 10.1 Å². The summed E-state index contributed by atoms with van der Waals surface area (Å²) in [6.07, 6.45) is 1.71. The molecule has 0 saturated carbocycles. The number of hydrogen-bond donors (Lipinski definition) is 0. The summed E-state index contributed by atoms with van der Waals surface area (Å²) in [5.74, 6) is 0. The van der Waals surface area contributed by atoms with Crippen LogP contribution in [0.15, 0.2) is 23.6 Å². The number of nitriles is 1. The van der Waals surface area contributed by atoms with Crippen LogP contribution in [-0.4, -0.2) is 8.07 Å². The molecule has 0 fully saturated rings. The molecule has 3 heteroatoms. The monoisotopic (exact) mass is 207 g/mol. The third-order valence-corrected chi connectivity index (χ3v) is 4.92. The van der Waals surface area contributed by atoms with Crippen molar-refractivity contribution in [3.05, 3.63) is 28.5 Å². The summed E-state index contributed by atoms with van der Waals surface area (Å²) in [6, 6.07) is 6.26. The average Bonchev–Trinajstić information content (AvgIpc) is 2.49. The number of allylic oxidation sites excluding steroid dienone is 1. The van der Waals surface area contributed by atoms with Crippen molar-refractivity contribution >= 4 is 24.6 Å². The van der Waals surface area contributed by atoms with Gasteiger partial charge in [0.25, 0.3) is 0 Å². The Kier molecular flexibility index (Phi) is 3.07. The van der Waals surface area contributed by atoms with Gasteiger partial charge in [-0.2, -0.15) is 5.26 Å². The van der Waals surface area contributed by atoms with Gasteiger partial charge in [0.05, 0.1) is 14.1 Å². The van der Waals surface area contributed by atoms with E-state index in [2.05, 4.69) is 37.2 Å². The summed E-state index contributed by atoms with van der Waals surface area (Å²) < 4.78 is 0. The number of rotatable bonds is 2. The lowest BCUT2D eigenvalue weighted by atomic mass is 10.4. The Balaban J connectivity index is 3.11. The minimum absolute atomic E-state index is 1.25. The van der Waals surface area contributed by atoms with Gasteiger partial charge in [-0.05, 0) is 16.6 Å². The highest BCUT2D eigenvalue weighted by atomic mass is 32.1. The Morgan fingerprint density at radius 3 is 2.62 bits per heavy atom. The smallest absolute Gasteiger partial charge is 0.0911 e. The van der Waals surface area contributed by atoms with Crippen molar-refractivity contribution in [2.45, 2.75) is 19.6 Å². The van der Waals surface area contributed by atoms with E-state index in [9.17, 15) is 0 Å². The van der Waals surface area contributed by atoms with Crippen molar-refractivity contribution in [3.8, 4) is 6.07 Å². The highest BCUT2D eigenvalue weighted by molar-refractivity contribution is 7.14. The molecule has 0 aliphatic heterocycles. The fraction of sp³-hybridized carbons (Fsp3) is 0.300. The topological polar surface area (TPSA) is 23.8 Å². The Morgan fingerprint density at radius 1 is 1.54 bits per heavy atom. The predicted molar refractivity (Wildman–Crippen MR) is 61.3 cm³/mol. The van der Waals surface area contributed by atoms with Gasteiger partial charge in [0, 0.05) is 11.0 Å². The molecule has 0 aliphatic rings. The van der Waals surface area contributed by atoms with Gasteiger partial charge in [0.15, 0.2) is 0 Å². The first-order chi connectivity index (χ1) is 6.05. The zero-order chi connectivity index (χ0) is 9.90. The van der Waals surface area contributed by atoms with Crippen LogP contribution in [0.3, 0.4) is 0 Å². The quantitative estimate of drug-likeness (QED) is 0.537. The van der Waals surface area contributed by atoms with Crippen molar-refractivity contribution in [2.24, 2.45) is 0 Å². The molecular weight excluding hydrogens is 194 g/mol. The molecule has 13 heavy (non-hydrogen) atoms. The van der Waals surface area contributed by atoms with E-state index in [1.54, 1.807) is 17.4 Å². The largest absolute Gasteiger partial charge is 0.193 e. The summed E-state index contributed by atoms with van der Waals surface area (Å²) in [6.45, 7) is 6.78. The maximum absolute atomic E-state index is 8.70. The van der Waals surface area contributed by atoms with Gasteiger partial charge in [-0.25, -0.2) is 0 Å². The molecule has 1 nitrogen and oxygen atoms in total. The first-order valence-corrected chi connectivity index (χ1v) is 8.58. The van der Waals surface area contributed by atoms with Crippen molar-refractivity contribution in [2.75, 3.05) is 0 Å². The van der Waals surface area contributed by atoms with Gasteiger partial charge < -0.3 is 0 Å². The Labute approximate surface area is 84.3 Å². The van der Waals surface area contributed by atoms with E-state index < -0.39 is 8.07 Å². The predicted octanol–water partition coefficient (Wildman–Crippen LogP) is 3.53. The van der Waals surface area contributed by atoms with E-state index in [1.807, 2.05) is 6.07 Å². The van der Waals surface area contributed by atoms with Crippen LogP contribution in [0.25, 0.3) is 5.20 Å². The maximum Gasteiger partial charge on any atom is 0.0911 e. The molecule has 0 unspecified atom stereocenters. The average molecular weight is 207 g/mol. The van der Waals surface area contributed by atoms with Crippen molar-refractivity contribution in [3.63, 3.8) is 0 Å². The number of nitrogens with zero attached hydrogens (tertiary/aromatic N) is 1. The summed E-state index contributed by atoms with van der Waals surface area (Å²) in [4.78, 5) is 1.25. The second-order valence-electron chi connectivity index (χ2n) is 3.91. The highest BCUT2D eigenvalue weighted by Crippen LogP contribution is 2.28. The minimum Gasteiger partial charge on any atom is -0.193 e. The van der Waals surface area contributed by atoms with E-state index >= 15 is 0 Å². The fourth-order valence-corrected chi connectivity index (χ4v) is 4.22. The molecule has 0 aliphatic carbocycles. The van der Waals surface area contributed by atoms with Gasteiger partial charge in [-0.1, -0.05) is 25.7 Å². The van der Waals surface area contributed by atoms with Crippen LogP contribution in [0.2, 0.25) is 19.6 Å². The van der Waals surface area contributed by atoms with Gasteiger partial charge in [-0.15, -0.1) is 11.3 Å². The van der Waals surface area contributed by atoms with Crippen molar-refractivity contribution < 1.29 is 0 Å². The fourth-order valence-electron chi connectivity index (χ4n) is 1.15. The first-order valence-electron chi connectivity index (χ1n) is 4.20. The molecule has 0 aromatic carbocycles. The number of thiophene rings is 1. The Morgan fingerprint density at radius 2 is 2.23 bits per heavy atom. The molecule has 1 aromatic rings. The van der Waals surface area contributed by atoms with Crippen LogP contribution in [0.1, 0.15) is 4.88 Å². The zero-order valence-corrected chi connectivity index (χ0v) is 9.98. The van der Waals surface area contributed by atoms with E-state index in [0.717, 1.165) is 0 Å². The van der Waals surface area contributed by atoms with Gasteiger partial charge >= 0.3 is 0 Å². The molecular formula is C10H13NSSi. The standard InChI is InChI=1S/C10H13NSSi/c1-13(2,3)10(6-7-11)9-5-4-8-12-9/h4-6,8H,1-3H3/b10-6-. The van der Waals surface area contributed by atoms with Crippen LogP contribution in [0, 0.1) is 11.3 Å². The second-order valence-corrected chi connectivity index (χ2v) is 9.90. The molecule has 1 aromatic heterocycles.